The van der Waals surface area contributed by atoms with E-state index in [2.05, 4.69) is 28.4 Å². The fourth-order valence-corrected chi connectivity index (χ4v) is 4.06. The first kappa shape index (κ1) is 18.7. The largest absolute Gasteiger partial charge is 0.586 e. The summed E-state index contributed by atoms with van der Waals surface area (Å²) >= 11 is 0. The minimum atomic E-state index is -3.63. The Morgan fingerprint density at radius 2 is 2.04 bits per heavy atom. The van der Waals surface area contributed by atoms with Gasteiger partial charge >= 0.3 is 6.29 Å². The SMILES string of the molecule is Cn1cc(C2CN(C(=O)CCc3ccc4c(c3)OC(F)(F)O4)CC2(C)C)cn1. The van der Waals surface area contributed by atoms with Gasteiger partial charge in [0.25, 0.3) is 0 Å². The molecule has 1 amide bonds. The number of amides is 1. The number of carbonyl (C=O) groups excluding carboxylic acids is 1. The van der Waals surface area contributed by atoms with Gasteiger partial charge in [0.1, 0.15) is 0 Å². The quantitative estimate of drug-likeness (QED) is 0.802. The van der Waals surface area contributed by atoms with Gasteiger partial charge in [0.15, 0.2) is 11.5 Å². The van der Waals surface area contributed by atoms with Crippen LogP contribution in [0.3, 0.4) is 0 Å². The maximum absolute atomic E-state index is 13.1. The van der Waals surface area contributed by atoms with Crippen molar-refractivity contribution in [3.05, 3.63) is 41.7 Å². The molecule has 150 valence electrons. The highest BCUT2D eigenvalue weighted by atomic mass is 19.3. The second-order valence-corrected chi connectivity index (χ2v) is 8.21. The third-order valence-electron chi connectivity index (χ3n) is 5.52. The van der Waals surface area contributed by atoms with E-state index in [1.165, 1.54) is 12.1 Å². The number of likely N-dealkylation sites (tertiary alicyclic amines) is 1. The highest BCUT2D eigenvalue weighted by Crippen LogP contribution is 2.43. The second kappa shape index (κ2) is 6.46. The van der Waals surface area contributed by atoms with Gasteiger partial charge in [-0.2, -0.15) is 5.10 Å². The van der Waals surface area contributed by atoms with Crippen molar-refractivity contribution in [1.29, 1.82) is 0 Å². The van der Waals surface area contributed by atoms with Crippen LogP contribution in [0.25, 0.3) is 0 Å². The lowest BCUT2D eigenvalue weighted by atomic mass is 9.79. The van der Waals surface area contributed by atoms with Crippen LogP contribution >= 0.6 is 0 Å². The third-order valence-corrected chi connectivity index (χ3v) is 5.52. The van der Waals surface area contributed by atoms with E-state index in [9.17, 15) is 13.6 Å². The lowest BCUT2D eigenvalue weighted by Crippen LogP contribution is -2.30. The number of nitrogens with zero attached hydrogens (tertiary/aromatic N) is 3. The van der Waals surface area contributed by atoms with Crippen LogP contribution in [0.2, 0.25) is 0 Å². The van der Waals surface area contributed by atoms with Gasteiger partial charge < -0.3 is 14.4 Å². The highest BCUT2D eigenvalue weighted by molar-refractivity contribution is 5.77. The van der Waals surface area contributed by atoms with E-state index < -0.39 is 6.29 Å². The van der Waals surface area contributed by atoms with Gasteiger partial charge in [-0.25, -0.2) is 0 Å². The minimum absolute atomic E-state index is 0.00824. The number of hydrogen-bond acceptors (Lipinski definition) is 4. The molecule has 1 atom stereocenters. The predicted molar refractivity (Wildman–Crippen MR) is 97.3 cm³/mol. The van der Waals surface area contributed by atoms with E-state index in [1.807, 2.05) is 24.3 Å². The van der Waals surface area contributed by atoms with E-state index in [1.54, 1.807) is 10.7 Å². The summed E-state index contributed by atoms with van der Waals surface area (Å²) in [6.07, 6.45) is 1.01. The number of aryl methyl sites for hydroxylation is 2. The number of fused-ring (bicyclic) bond motifs is 1. The molecule has 6 nitrogen and oxygen atoms in total. The molecule has 8 heteroatoms. The number of carbonyl (C=O) groups is 1. The zero-order valence-corrected chi connectivity index (χ0v) is 16.1. The topological polar surface area (TPSA) is 56.6 Å². The molecule has 3 heterocycles. The Bertz CT molecular complexity index is 910. The molecular weight excluding hydrogens is 368 g/mol. The Balaban J connectivity index is 1.39. The molecule has 0 radical (unpaired) electrons. The number of hydrogen-bond donors (Lipinski definition) is 0. The maximum atomic E-state index is 13.1. The summed E-state index contributed by atoms with van der Waals surface area (Å²) in [5.74, 6) is 0.315. The number of halogens is 2. The first-order valence-corrected chi connectivity index (χ1v) is 9.28. The summed E-state index contributed by atoms with van der Waals surface area (Å²) in [5.41, 5.74) is 1.86. The van der Waals surface area contributed by atoms with E-state index in [-0.39, 0.29) is 28.7 Å². The molecule has 1 saturated heterocycles. The Labute approximate surface area is 162 Å². The molecule has 28 heavy (non-hydrogen) atoms. The van der Waals surface area contributed by atoms with Gasteiger partial charge in [-0.15, -0.1) is 8.78 Å². The molecule has 0 N–H and O–H groups in total. The Hall–Kier alpha value is -2.64. The van der Waals surface area contributed by atoms with Gasteiger partial charge in [-0.3, -0.25) is 9.48 Å². The maximum Gasteiger partial charge on any atom is 0.586 e. The number of ether oxygens (including phenoxy) is 2. The van der Waals surface area contributed by atoms with Crippen LogP contribution < -0.4 is 9.47 Å². The average molecular weight is 391 g/mol. The fourth-order valence-electron chi connectivity index (χ4n) is 4.06. The first-order valence-electron chi connectivity index (χ1n) is 9.28. The molecule has 1 aromatic heterocycles. The molecule has 2 aliphatic rings. The summed E-state index contributed by atoms with van der Waals surface area (Å²) in [6, 6.07) is 4.65. The third kappa shape index (κ3) is 3.55. The normalized spacial score (nSPS) is 21.9. The van der Waals surface area contributed by atoms with Gasteiger partial charge in [-0.05, 0) is 35.1 Å². The van der Waals surface area contributed by atoms with E-state index in [4.69, 9.17) is 0 Å². The number of benzene rings is 1. The van der Waals surface area contributed by atoms with Crippen molar-refractivity contribution in [2.75, 3.05) is 13.1 Å². The minimum Gasteiger partial charge on any atom is -0.395 e. The predicted octanol–water partition coefficient (Wildman–Crippen LogP) is 3.33. The van der Waals surface area contributed by atoms with Crippen molar-refractivity contribution in [3.63, 3.8) is 0 Å². The van der Waals surface area contributed by atoms with Gasteiger partial charge in [-0.1, -0.05) is 19.9 Å². The van der Waals surface area contributed by atoms with Crippen LogP contribution in [0.15, 0.2) is 30.6 Å². The first-order chi connectivity index (χ1) is 13.1. The van der Waals surface area contributed by atoms with Gasteiger partial charge in [0.2, 0.25) is 5.91 Å². The zero-order valence-electron chi connectivity index (χ0n) is 16.1. The lowest BCUT2D eigenvalue weighted by Gasteiger charge is -2.24. The van der Waals surface area contributed by atoms with E-state index in [0.717, 1.165) is 11.1 Å². The van der Waals surface area contributed by atoms with Crippen molar-refractivity contribution in [1.82, 2.24) is 14.7 Å². The van der Waals surface area contributed by atoms with E-state index in [0.29, 0.717) is 25.9 Å². The lowest BCUT2D eigenvalue weighted by molar-refractivity contribution is -0.286. The summed E-state index contributed by atoms with van der Waals surface area (Å²) in [4.78, 5) is 14.6. The highest BCUT2D eigenvalue weighted by Gasteiger charge is 2.44. The molecule has 4 rings (SSSR count). The molecule has 0 bridgehead atoms. The summed E-state index contributed by atoms with van der Waals surface area (Å²) in [6.45, 7) is 5.66. The second-order valence-electron chi connectivity index (χ2n) is 8.21. The molecule has 2 aromatic rings. The fraction of sp³-hybridized carbons (Fsp3) is 0.500. The molecule has 0 saturated carbocycles. The van der Waals surface area contributed by atoms with Crippen molar-refractivity contribution < 1.29 is 23.0 Å². The summed E-state index contributed by atoms with van der Waals surface area (Å²) < 4.78 is 36.9. The Morgan fingerprint density at radius 3 is 2.75 bits per heavy atom. The molecule has 1 unspecified atom stereocenters. The Kier molecular flexibility index (Phi) is 4.32. The molecule has 2 aliphatic heterocycles. The molecule has 0 spiro atoms. The summed E-state index contributed by atoms with van der Waals surface area (Å²) in [7, 11) is 1.88. The molecule has 1 aromatic carbocycles. The molecule has 0 aliphatic carbocycles. The van der Waals surface area contributed by atoms with Crippen LogP contribution in [-0.4, -0.2) is 40.0 Å². The number of rotatable bonds is 4. The Morgan fingerprint density at radius 1 is 1.29 bits per heavy atom. The van der Waals surface area contributed by atoms with Crippen LogP contribution in [0.4, 0.5) is 8.78 Å². The van der Waals surface area contributed by atoms with Crippen molar-refractivity contribution in [2.45, 2.75) is 38.9 Å². The van der Waals surface area contributed by atoms with Gasteiger partial charge in [0.05, 0.1) is 6.20 Å². The van der Waals surface area contributed by atoms with Crippen molar-refractivity contribution in [2.24, 2.45) is 12.5 Å². The average Bonchev–Trinajstić information content (AvgIpc) is 3.25. The summed E-state index contributed by atoms with van der Waals surface area (Å²) in [5, 5.41) is 4.25. The van der Waals surface area contributed by atoms with Gasteiger partial charge in [0, 0.05) is 38.7 Å². The van der Waals surface area contributed by atoms with E-state index >= 15 is 0 Å². The van der Waals surface area contributed by atoms with Crippen LogP contribution in [0, 0.1) is 5.41 Å². The number of alkyl halides is 2. The monoisotopic (exact) mass is 391 g/mol. The number of aromatic nitrogens is 2. The van der Waals surface area contributed by atoms with Crippen LogP contribution in [0.1, 0.15) is 37.3 Å². The zero-order chi connectivity index (χ0) is 20.1. The van der Waals surface area contributed by atoms with Crippen molar-refractivity contribution in [3.8, 4) is 11.5 Å². The van der Waals surface area contributed by atoms with Crippen LogP contribution in [0.5, 0.6) is 11.5 Å². The smallest absolute Gasteiger partial charge is 0.395 e. The van der Waals surface area contributed by atoms with Crippen molar-refractivity contribution >= 4 is 5.91 Å². The standard InChI is InChI=1S/C20H23F2N3O3/c1-19(2)12-25(11-15(19)14-9-23-24(3)10-14)18(26)7-5-13-4-6-16-17(8-13)28-20(21,22)27-16/h4,6,8-10,15H,5,7,11-12H2,1-3H3. The molecular formula is C20H23F2N3O3. The van der Waals surface area contributed by atoms with Crippen LogP contribution in [-0.2, 0) is 18.3 Å². The molecule has 1 fully saturated rings.